The molecule has 0 radical (unpaired) electrons. The van der Waals surface area contributed by atoms with Crippen LogP contribution in [-0.4, -0.2) is 20.0 Å². The molecule has 1 atom stereocenters. The molecule has 2 heterocycles. The quantitative estimate of drug-likeness (QED) is 0.406. The Morgan fingerprint density at radius 3 is 2.57 bits per heavy atom. The number of nitrogens with one attached hydrogen (secondary N) is 1. The Labute approximate surface area is 202 Å². The molecule has 8 heteroatoms. The molecule has 0 saturated carbocycles. The molecule has 1 N–H and O–H groups in total. The zero-order valence-electron chi connectivity index (χ0n) is 19.3. The number of aromatic nitrogens is 3. The number of rotatable bonds is 9. The first kappa shape index (κ1) is 23.7. The highest BCUT2D eigenvalue weighted by Crippen LogP contribution is 2.20. The number of nitrogens with zero attached hydrogens (tertiary/aromatic N) is 3. The van der Waals surface area contributed by atoms with Gasteiger partial charge < -0.3 is 10.1 Å². The number of carbonyl (C=O) groups is 1. The number of ether oxygens (including phenoxy) is 1. The van der Waals surface area contributed by atoms with Crippen molar-refractivity contribution < 1.29 is 9.53 Å². The maximum absolute atomic E-state index is 12.8. The number of carbonyl (C=O) groups excluding carboxylic acids is 1. The Morgan fingerprint density at radius 1 is 1.00 bits per heavy atom. The Morgan fingerprint density at radius 2 is 1.80 bits per heavy atom. The summed E-state index contributed by atoms with van der Waals surface area (Å²) in [5.74, 6) is 0.214. The van der Waals surface area contributed by atoms with Gasteiger partial charge in [0.2, 0.25) is 5.91 Å². The van der Waals surface area contributed by atoms with Gasteiger partial charge in [-0.25, -0.2) is 4.79 Å². The molecule has 2 aromatic heterocycles. The van der Waals surface area contributed by atoms with Crippen molar-refractivity contribution in [1.29, 1.82) is 0 Å². The SMILES string of the molecule is CC(NC(=O)Cn1c(=O)ccn(Cc2ccccc2)c1=O)c1cccc(OCc2ccccn2)c1. The van der Waals surface area contributed by atoms with E-state index < -0.39 is 17.2 Å². The standard InChI is InChI=1S/C27H26N4O4/c1-20(22-10-7-12-24(16-22)35-19-23-11-5-6-14-28-23)29-25(32)18-31-26(33)13-15-30(27(31)34)17-21-8-3-2-4-9-21/h2-16,20H,17-19H2,1H3,(H,29,32). The number of amides is 1. The van der Waals surface area contributed by atoms with Gasteiger partial charge in [-0.2, -0.15) is 0 Å². The van der Waals surface area contributed by atoms with E-state index in [-0.39, 0.29) is 12.6 Å². The molecule has 0 aliphatic rings. The van der Waals surface area contributed by atoms with E-state index in [0.717, 1.165) is 21.4 Å². The fourth-order valence-electron chi connectivity index (χ4n) is 3.63. The summed E-state index contributed by atoms with van der Waals surface area (Å²) in [5, 5.41) is 2.85. The van der Waals surface area contributed by atoms with Crippen LogP contribution in [0.4, 0.5) is 0 Å². The van der Waals surface area contributed by atoms with Gasteiger partial charge in [0, 0.05) is 18.5 Å². The summed E-state index contributed by atoms with van der Waals surface area (Å²) in [6.45, 7) is 2.10. The van der Waals surface area contributed by atoms with Crippen LogP contribution >= 0.6 is 0 Å². The van der Waals surface area contributed by atoms with E-state index in [1.165, 1.54) is 16.8 Å². The third-order valence-corrected chi connectivity index (χ3v) is 5.49. The van der Waals surface area contributed by atoms with Crippen LogP contribution in [-0.2, 0) is 24.5 Å². The Bertz CT molecular complexity index is 1400. The third-order valence-electron chi connectivity index (χ3n) is 5.49. The summed E-state index contributed by atoms with van der Waals surface area (Å²) in [6, 6.07) is 23.4. The van der Waals surface area contributed by atoms with Gasteiger partial charge in [-0.1, -0.05) is 48.5 Å². The number of pyridine rings is 1. The number of benzene rings is 2. The fourth-order valence-corrected chi connectivity index (χ4v) is 3.63. The molecule has 35 heavy (non-hydrogen) atoms. The van der Waals surface area contributed by atoms with E-state index in [0.29, 0.717) is 18.9 Å². The molecule has 4 rings (SSSR count). The van der Waals surface area contributed by atoms with E-state index in [9.17, 15) is 14.4 Å². The number of hydrogen-bond acceptors (Lipinski definition) is 5. The summed E-state index contributed by atoms with van der Waals surface area (Å²) >= 11 is 0. The average molecular weight is 471 g/mol. The normalized spacial score (nSPS) is 11.6. The molecule has 0 aliphatic carbocycles. The smallest absolute Gasteiger partial charge is 0.331 e. The van der Waals surface area contributed by atoms with Gasteiger partial charge in [0.05, 0.1) is 18.3 Å². The Kier molecular flexibility index (Phi) is 7.52. The highest BCUT2D eigenvalue weighted by molar-refractivity contribution is 5.76. The van der Waals surface area contributed by atoms with Gasteiger partial charge in [-0.15, -0.1) is 0 Å². The van der Waals surface area contributed by atoms with Crippen molar-refractivity contribution in [3.63, 3.8) is 0 Å². The van der Waals surface area contributed by atoms with Gasteiger partial charge >= 0.3 is 5.69 Å². The van der Waals surface area contributed by atoms with E-state index in [4.69, 9.17) is 4.74 Å². The van der Waals surface area contributed by atoms with Crippen molar-refractivity contribution >= 4 is 5.91 Å². The predicted molar refractivity (Wildman–Crippen MR) is 132 cm³/mol. The van der Waals surface area contributed by atoms with Crippen molar-refractivity contribution in [2.24, 2.45) is 0 Å². The molecule has 0 bridgehead atoms. The highest BCUT2D eigenvalue weighted by atomic mass is 16.5. The van der Waals surface area contributed by atoms with Crippen molar-refractivity contribution in [3.8, 4) is 5.75 Å². The van der Waals surface area contributed by atoms with Crippen LogP contribution in [0.5, 0.6) is 5.75 Å². The van der Waals surface area contributed by atoms with Crippen LogP contribution in [0.2, 0.25) is 0 Å². The van der Waals surface area contributed by atoms with E-state index >= 15 is 0 Å². The van der Waals surface area contributed by atoms with Crippen LogP contribution < -0.4 is 21.3 Å². The van der Waals surface area contributed by atoms with Crippen molar-refractivity contribution in [3.05, 3.63) is 129 Å². The second-order valence-electron chi connectivity index (χ2n) is 8.11. The molecule has 0 saturated heterocycles. The molecule has 4 aromatic rings. The molecule has 8 nitrogen and oxygen atoms in total. The van der Waals surface area contributed by atoms with Crippen LogP contribution in [0.1, 0.15) is 29.8 Å². The highest BCUT2D eigenvalue weighted by Gasteiger charge is 2.14. The lowest BCUT2D eigenvalue weighted by molar-refractivity contribution is -0.122. The molecule has 0 spiro atoms. The lowest BCUT2D eigenvalue weighted by atomic mass is 10.1. The molecular formula is C27H26N4O4. The fraction of sp³-hybridized carbons (Fsp3) is 0.185. The molecule has 0 aliphatic heterocycles. The average Bonchev–Trinajstić information content (AvgIpc) is 2.88. The van der Waals surface area contributed by atoms with Gasteiger partial charge in [0.1, 0.15) is 18.9 Å². The zero-order chi connectivity index (χ0) is 24.6. The monoisotopic (exact) mass is 470 g/mol. The van der Waals surface area contributed by atoms with Gasteiger partial charge in [-0.3, -0.25) is 23.7 Å². The maximum atomic E-state index is 12.8. The molecule has 1 unspecified atom stereocenters. The van der Waals surface area contributed by atoms with Crippen LogP contribution in [0.25, 0.3) is 0 Å². The molecule has 1 amide bonds. The zero-order valence-corrected chi connectivity index (χ0v) is 19.3. The van der Waals surface area contributed by atoms with Crippen molar-refractivity contribution in [2.45, 2.75) is 32.7 Å². The Hall–Kier alpha value is -4.46. The summed E-state index contributed by atoms with van der Waals surface area (Å²) in [5.41, 5.74) is 1.51. The van der Waals surface area contributed by atoms with Crippen LogP contribution in [0.15, 0.2) is 101 Å². The summed E-state index contributed by atoms with van der Waals surface area (Å²) in [6.07, 6.45) is 3.16. The van der Waals surface area contributed by atoms with Crippen LogP contribution in [0.3, 0.4) is 0 Å². The van der Waals surface area contributed by atoms with Gasteiger partial charge in [0.15, 0.2) is 0 Å². The summed E-state index contributed by atoms with van der Waals surface area (Å²) in [7, 11) is 0. The minimum Gasteiger partial charge on any atom is -0.487 e. The van der Waals surface area contributed by atoms with Crippen molar-refractivity contribution in [2.75, 3.05) is 0 Å². The molecular weight excluding hydrogens is 444 g/mol. The molecule has 0 fully saturated rings. The van der Waals surface area contributed by atoms with E-state index in [1.54, 1.807) is 6.20 Å². The summed E-state index contributed by atoms with van der Waals surface area (Å²) < 4.78 is 8.17. The first-order valence-corrected chi connectivity index (χ1v) is 11.3. The summed E-state index contributed by atoms with van der Waals surface area (Å²) in [4.78, 5) is 42.1. The Balaban J connectivity index is 1.41. The minimum absolute atomic E-state index is 0.309. The molecule has 178 valence electrons. The van der Waals surface area contributed by atoms with Gasteiger partial charge in [0.25, 0.3) is 5.56 Å². The van der Waals surface area contributed by atoms with Crippen LogP contribution in [0, 0.1) is 0 Å². The second kappa shape index (κ2) is 11.1. The second-order valence-corrected chi connectivity index (χ2v) is 8.11. The molecule has 2 aromatic carbocycles. The number of hydrogen-bond donors (Lipinski definition) is 1. The predicted octanol–water partition coefficient (Wildman–Crippen LogP) is 2.91. The topological polar surface area (TPSA) is 95.2 Å². The minimum atomic E-state index is -0.533. The van der Waals surface area contributed by atoms with Crippen molar-refractivity contribution in [1.82, 2.24) is 19.4 Å². The lowest BCUT2D eigenvalue weighted by Crippen LogP contribution is -2.43. The maximum Gasteiger partial charge on any atom is 0.331 e. The largest absolute Gasteiger partial charge is 0.487 e. The first-order chi connectivity index (χ1) is 17.0. The van der Waals surface area contributed by atoms with E-state index in [1.807, 2.05) is 79.7 Å². The third kappa shape index (κ3) is 6.32. The lowest BCUT2D eigenvalue weighted by Gasteiger charge is -2.16. The van der Waals surface area contributed by atoms with E-state index in [2.05, 4.69) is 10.3 Å². The van der Waals surface area contributed by atoms with Gasteiger partial charge in [-0.05, 0) is 42.3 Å². The first-order valence-electron chi connectivity index (χ1n) is 11.3.